The SMILES string of the molecule is CN(C)Cc1cccc(-c2ccc3c(C=O)c(O)ccc3c2)c1. The zero-order valence-electron chi connectivity index (χ0n) is 13.3. The van der Waals surface area contributed by atoms with Crippen molar-refractivity contribution in [3.05, 3.63) is 65.7 Å². The van der Waals surface area contributed by atoms with E-state index in [1.807, 2.05) is 18.2 Å². The Balaban J connectivity index is 2.07. The lowest BCUT2D eigenvalue weighted by Gasteiger charge is -2.12. The molecule has 0 radical (unpaired) electrons. The van der Waals surface area contributed by atoms with Crippen LogP contribution in [0.25, 0.3) is 21.9 Å². The van der Waals surface area contributed by atoms with Crippen LogP contribution >= 0.6 is 0 Å². The molecule has 23 heavy (non-hydrogen) atoms. The number of carbonyl (C=O) groups excluding carboxylic acids is 1. The number of carbonyl (C=O) groups is 1. The summed E-state index contributed by atoms with van der Waals surface area (Å²) in [6.45, 7) is 0.893. The van der Waals surface area contributed by atoms with Crippen LogP contribution in [0.15, 0.2) is 54.6 Å². The summed E-state index contributed by atoms with van der Waals surface area (Å²) in [4.78, 5) is 13.3. The molecule has 0 atom stereocenters. The van der Waals surface area contributed by atoms with Crippen molar-refractivity contribution in [2.24, 2.45) is 0 Å². The highest BCUT2D eigenvalue weighted by molar-refractivity contribution is 6.02. The normalized spacial score (nSPS) is 11.1. The van der Waals surface area contributed by atoms with Crippen molar-refractivity contribution >= 4 is 17.1 Å². The minimum atomic E-state index is 0.0215. The molecule has 0 aliphatic rings. The van der Waals surface area contributed by atoms with Gasteiger partial charge in [-0.15, -0.1) is 0 Å². The molecule has 3 aromatic rings. The lowest BCUT2D eigenvalue weighted by molar-refractivity contribution is 0.112. The zero-order chi connectivity index (χ0) is 16.4. The molecule has 0 saturated heterocycles. The van der Waals surface area contributed by atoms with Gasteiger partial charge in [-0.05, 0) is 59.8 Å². The highest BCUT2D eigenvalue weighted by Crippen LogP contribution is 2.30. The van der Waals surface area contributed by atoms with Crippen molar-refractivity contribution in [1.82, 2.24) is 4.90 Å². The van der Waals surface area contributed by atoms with Crippen LogP contribution in [0.3, 0.4) is 0 Å². The van der Waals surface area contributed by atoms with Gasteiger partial charge in [0.2, 0.25) is 0 Å². The molecule has 3 nitrogen and oxygen atoms in total. The maximum Gasteiger partial charge on any atom is 0.154 e. The summed E-state index contributed by atoms with van der Waals surface area (Å²) in [5.74, 6) is 0.0215. The molecule has 116 valence electrons. The van der Waals surface area contributed by atoms with Gasteiger partial charge in [-0.2, -0.15) is 0 Å². The van der Waals surface area contributed by atoms with E-state index in [2.05, 4.69) is 49.3 Å². The number of phenols is 1. The second kappa shape index (κ2) is 6.23. The Morgan fingerprint density at radius 3 is 2.52 bits per heavy atom. The van der Waals surface area contributed by atoms with Crippen molar-refractivity contribution in [2.75, 3.05) is 14.1 Å². The number of hydrogen-bond donors (Lipinski definition) is 1. The van der Waals surface area contributed by atoms with Gasteiger partial charge in [0.1, 0.15) is 5.75 Å². The van der Waals surface area contributed by atoms with Crippen molar-refractivity contribution in [3.63, 3.8) is 0 Å². The van der Waals surface area contributed by atoms with E-state index in [0.717, 1.165) is 28.4 Å². The third-order valence-electron chi connectivity index (χ3n) is 3.92. The summed E-state index contributed by atoms with van der Waals surface area (Å²) in [5.41, 5.74) is 3.84. The highest BCUT2D eigenvalue weighted by Gasteiger charge is 2.08. The Morgan fingerprint density at radius 1 is 1.00 bits per heavy atom. The second-order valence-electron chi connectivity index (χ2n) is 5.99. The summed E-state index contributed by atoms with van der Waals surface area (Å²) in [7, 11) is 4.10. The highest BCUT2D eigenvalue weighted by atomic mass is 16.3. The largest absolute Gasteiger partial charge is 0.507 e. The first-order chi connectivity index (χ1) is 11.1. The van der Waals surface area contributed by atoms with Gasteiger partial charge in [-0.3, -0.25) is 4.79 Å². The molecule has 0 aliphatic carbocycles. The number of aromatic hydroxyl groups is 1. The maximum atomic E-state index is 11.2. The Labute approximate surface area is 135 Å². The number of nitrogens with zero attached hydrogens (tertiary/aromatic N) is 1. The molecule has 3 rings (SSSR count). The van der Waals surface area contributed by atoms with Crippen LogP contribution in [0.5, 0.6) is 5.75 Å². The Kier molecular flexibility index (Phi) is 4.13. The molecule has 1 N–H and O–H groups in total. The van der Waals surface area contributed by atoms with Crippen molar-refractivity contribution < 1.29 is 9.90 Å². The van der Waals surface area contributed by atoms with E-state index < -0.39 is 0 Å². The van der Waals surface area contributed by atoms with Crippen molar-refractivity contribution in [3.8, 4) is 16.9 Å². The first-order valence-electron chi connectivity index (χ1n) is 7.53. The molecule has 0 saturated carbocycles. The van der Waals surface area contributed by atoms with Crippen LogP contribution in [-0.2, 0) is 6.54 Å². The lowest BCUT2D eigenvalue weighted by Crippen LogP contribution is -2.10. The average molecular weight is 305 g/mol. The Bertz CT molecular complexity index is 869. The molecule has 3 aromatic carbocycles. The van der Waals surface area contributed by atoms with E-state index in [9.17, 15) is 9.90 Å². The summed E-state index contributed by atoms with van der Waals surface area (Å²) < 4.78 is 0. The summed E-state index contributed by atoms with van der Waals surface area (Å²) in [5, 5.41) is 11.5. The van der Waals surface area contributed by atoms with E-state index in [1.54, 1.807) is 6.07 Å². The molecular formula is C20H19NO2. The minimum absolute atomic E-state index is 0.0215. The molecule has 0 aliphatic heterocycles. The molecule has 3 heteroatoms. The molecule has 0 aromatic heterocycles. The first kappa shape index (κ1) is 15.3. The first-order valence-corrected chi connectivity index (χ1v) is 7.53. The number of rotatable bonds is 4. The molecule has 0 unspecified atom stereocenters. The quantitative estimate of drug-likeness (QED) is 0.738. The average Bonchev–Trinajstić information content (AvgIpc) is 2.54. The van der Waals surface area contributed by atoms with Gasteiger partial charge in [-0.1, -0.05) is 36.4 Å². The van der Waals surface area contributed by atoms with Gasteiger partial charge in [0, 0.05) is 6.54 Å². The molecule has 0 amide bonds. The van der Waals surface area contributed by atoms with Crippen LogP contribution < -0.4 is 0 Å². The van der Waals surface area contributed by atoms with E-state index in [-0.39, 0.29) is 5.75 Å². The maximum absolute atomic E-state index is 11.2. The number of benzene rings is 3. The van der Waals surface area contributed by atoms with Gasteiger partial charge in [0.25, 0.3) is 0 Å². The summed E-state index contributed by atoms with van der Waals surface area (Å²) in [6, 6.07) is 17.8. The van der Waals surface area contributed by atoms with Gasteiger partial charge in [0.15, 0.2) is 6.29 Å². The van der Waals surface area contributed by atoms with Gasteiger partial charge < -0.3 is 10.0 Å². The fourth-order valence-electron chi connectivity index (χ4n) is 2.86. The number of phenolic OH excluding ortho intramolecular Hbond substituents is 1. The molecule has 0 bridgehead atoms. The Morgan fingerprint density at radius 2 is 1.78 bits per heavy atom. The van der Waals surface area contributed by atoms with E-state index in [4.69, 9.17) is 0 Å². The third-order valence-corrected chi connectivity index (χ3v) is 3.92. The minimum Gasteiger partial charge on any atom is -0.507 e. The van der Waals surface area contributed by atoms with Gasteiger partial charge in [-0.25, -0.2) is 0 Å². The fourth-order valence-corrected chi connectivity index (χ4v) is 2.86. The van der Waals surface area contributed by atoms with Crippen LogP contribution in [-0.4, -0.2) is 30.4 Å². The predicted octanol–water partition coefficient (Wildman–Crippen LogP) is 4.09. The van der Waals surface area contributed by atoms with Crippen LogP contribution in [0, 0.1) is 0 Å². The monoisotopic (exact) mass is 305 g/mol. The number of hydrogen-bond acceptors (Lipinski definition) is 3. The smallest absolute Gasteiger partial charge is 0.154 e. The topological polar surface area (TPSA) is 40.5 Å². The number of aldehydes is 1. The second-order valence-corrected chi connectivity index (χ2v) is 5.99. The fraction of sp³-hybridized carbons (Fsp3) is 0.150. The van der Waals surface area contributed by atoms with Gasteiger partial charge in [0.05, 0.1) is 5.56 Å². The van der Waals surface area contributed by atoms with E-state index in [1.165, 1.54) is 5.56 Å². The van der Waals surface area contributed by atoms with Crippen LogP contribution in [0.4, 0.5) is 0 Å². The van der Waals surface area contributed by atoms with E-state index >= 15 is 0 Å². The van der Waals surface area contributed by atoms with Crippen molar-refractivity contribution in [1.29, 1.82) is 0 Å². The predicted molar refractivity (Wildman–Crippen MR) is 93.8 cm³/mol. The standard InChI is InChI=1S/C20H19NO2/c1-21(2)12-14-4-3-5-15(10-14)16-6-8-18-17(11-16)7-9-20(23)19(18)13-22/h3-11,13,23H,12H2,1-2H3. The molecular weight excluding hydrogens is 286 g/mol. The summed E-state index contributed by atoms with van der Waals surface area (Å²) >= 11 is 0. The lowest BCUT2D eigenvalue weighted by atomic mass is 9.97. The molecule has 0 heterocycles. The molecule has 0 fully saturated rings. The Hall–Kier alpha value is -2.65. The third kappa shape index (κ3) is 3.10. The van der Waals surface area contributed by atoms with Crippen LogP contribution in [0.1, 0.15) is 15.9 Å². The summed E-state index contributed by atoms with van der Waals surface area (Å²) in [6.07, 6.45) is 0.703. The van der Waals surface area contributed by atoms with Crippen molar-refractivity contribution in [2.45, 2.75) is 6.54 Å². The van der Waals surface area contributed by atoms with Crippen LogP contribution in [0.2, 0.25) is 0 Å². The van der Waals surface area contributed by atoms with Gasteiger partial charge >= 0.3 is 0 Å². The van der Waals surface area contributed by atoms with E-state index in [0.29, 0.717) is 11.8 Å². The zero-order valence-corrected chi connectivity index (χ0v) is 13.3. The number of fused-ring (bicyclic) bond motifs is 1. The molecule has 0 spiro atoms.